The summed E-state index contributed by atoms with van der Waals surface area (Å²) in [6.07, 6.45) is 3.83. The molecule has 0 amide bonds. The van der Waals surface area contributed by atoms with Crippen LogP contribution in [-0.2, 0) is 11.3 Å². The van der Waals surface area contributed by atoms with E-state index >= 15 is 0 Å². The van der Waals surface area contributed by atoms with Crippen molar-refractivity contribution in [1.29, 1.82) is 0 Å². The molecule has 0 spiro atoms. The van der Waals surface area contributed by atoms with Crippen LogP contribution in [0.3, 0.4) is 0 Å². The van der Waals surface area contributed by atoms with Gasteiger partial charge in [-0.2, -0.15) is 0 Å². The van der Waals surface area contributed by atoms with Crippen LogP contribution in [0.15, 0.2) is 42.5 Å². The van der Waals surface area contributed by atoms with Gasteiger partial charge in [0.1, 0.15) is 0 Å². The first-order valence-corrected chi connectivity index (χ1v) is 5.27. The number of allylic oxidation sites excluding steroid dienone is 1. The number of benzene rings is 1. The quantitative estimate of drug-likeness (QED) is 0.645. The maximum atomic E-state index is 13.1. The first-order chi connectivity index (χ1) is 7.33. The molecule has 0 heterocycles. The Morgan fingerprint density at radius 2 is 2.00 bits per heavy atom. The van der Waals surface area contributed by atoms with E-state index in [2.05, 4.69) is 0 Å². The van der Waals surface area contributed by atoms with Gasteiger partial charge >= 0.3 is 0 Å². The molecular weight excluding hydrogens is 191 g/mol. The maximum absolute atomic E-state index is 13.1. The molecule has 82 valence electrons. The highest BCUT2D eigenvalue weighted by Gasteiger charge is 2.03. The van der Waals surface area contributed by atoms with Crippen molar-refractivity contribution in [3.63, 3.8) is 0 Å². The van der Waals surface area contributed by atoms with Crippen molar-refractivity contribution in [2.24, 2.45) is 0 Å². The van der Waals surface area contributed by atoms with Gasteiger partial charge in [-0.1, -0.05) is 49.4 Å². The van der Waals surface area contributed by atoms with E-state index in [0.717, 1.165) is 12.0 Å². The first-order valence-electron chi connectivity index (χ1n) is 5.27. The molecule has 0 aliphatic heterocycles. The lowest BCUT2D eigenvalue weighted by atomic mass is 10.2. The summed E-state index contributed by atoms with van der Waals surface area (Å²) in [6, 6.07) is 9.62. The highest BCUT2D eigenvalue weighted by Crippen LogP contribution is 2.07. The summed E-state index contributed by atoms with van der Waals surface area (Å²) in [6.45, 7) is 2.36. The number of rotatable bonds is 6. The van der Waals surface area contributed by atoms with Crippen LogP contribution in [0.25, 0.3) is 0 Å². The van der Waals surface area contributed by atoms with Crippen LogP contribution < -0.4 is 0 Å². The number of hydrogen-bond acceptors (Lipinski definition) is 1. The third-order valence-corrected chi connectivity index (χ3v) is 2.00. The molecule has 0 saturated heterocycles. The van der Waals surface area contributed by atoms with Gasteiger partial charge in [-0.15, -0.1) is 0 Å². The molecule has 1 aromatic rings. The Hall–Kier alpha value is -1.15. The van der Waals surface area contributed by atoms with Crippen LogP contribution in [0, 0.1) is 0 Å². The molecule has 0 radical (unpaired) electrons. The SMILES string of the molecule is CC/C=C\CC(F)OCc1ccccc1. The minimum atomic E-state index is -1.20. The predicted molar refractivity (Wildman–Crippen MR) is 60.2 cm³/mol. The molecule has 0 fully saturated rings. The zero-order chi connectivity index (χ0) is 10.9. The van der Waals surface area contributed by atoms with Gasteiger partial charge in [0, 0.05) is 6.42 Å². The standard InChI is InChI=1S/C13H17FO/c1-2-3-5-10-13(14)15-11-12-8-6-4-7-9-12/h3-9,13H,2,10-11H2,1H3/b5-3-. The van der Waals surface area contributed by atoms with Crippen molar-refractivity contribution >= 4 is 0 Å². The van der Waals surface area contributed by atoms with Crippen LogP contribution >= 0.6 is 0 Å². The molecule has 0 aliphatic carbocycles. The highest BCUT2D eigenvalue weighted by atomic mass is 19.1. The second-order valence-electron chi connectivity index (χ2n) is 3.32. The number of ether oxygens (including phenoxy) is 1. The van der Waals surface area contributed by atoms with Crippen molar-refractivity contribution in [1.82, 2.24) is 0 Å². The molecule has 0 N–H and O–H groups in total. The van der Waals surface area contributed by atoms with Crippen molar-refractivity contribution < 1.29 is 9.13 Å². The third kappa shape index (κ3) is 5.33. The molecule has 1 unspecified atom stereocenters. The van der Waals surface area contributed by atoms with E-state index in [4.69, 9.17) is 4.74 Å². The second kappa shape index (κ2) is 7.18. The summed E-state index contributed by atoms with van der Waals surface area (Å²) in [4.78, 5) is 0. The third-order valence-electron chi connectivity index (χ3n) is 2.00. The van der Waals surface area contributed by atoms with Gasteiger partial charge in [0.05, 0.1) is 6.61 Å². The molecule has 0 aliphatic rings. The lowest BCUT2D eigenvalue weighted by Gasteiger charge is -2.07. The van der Waals surface area contributed by atoms with Gasteiger partial charge < -0.3 is 4.74 Å². The van der Waals surface area contributed by atoms with Gasteiger partial charge in [-0.25, -0.2) is 4.39 Å². The van der Waals surface area contributed by atoms with Gasteiger partial charge in [0.25, 0.3) is 0 Å². The fourth-order valence-electron chi connectivity index (χ4n) is 1.20. The fraction of sp³-hybridized carbons (Fsp3) is 0.385. The van der Waals surface area contributed by atoms with Gasteiger partial charge in [-0.3, -0.25) is 0 Å². The number of hydrogen-bond donors (Lipinski definition) is 0. The van der Waals surface area contributed by atoms with E-state index < -0.39 is 6.36 Å². The van der Waals surface area contributed by atoms with Crippen molar-refractivity contribution in [2.75, 3.05) is 0 Å². The van der Waals surface area contributed by atoms with E-state index in [0.29, 0.717) is 13.0 Å². The zero-order valence-corrected chi connectivity index (χ0v) is 9.03. The lowest BCUT2D eigenvalue weighted by Crippen LogP contribution is -2.04. The molecule has 1 rings (SSSR count). The molecule has 1 nitrogen and oxygen atoms in total. The summed E-state index contributed by atoms with van der Waals surface area (Å²) >= 11 is 0. The Kier molecular flexibility index (Phi) is 5.71. The fourth-order valence-corrected chi connectivity index (χ4v) is 1.20. The summed E-state index contributed by atoms with van der Waals surface area (Å²) in [7, 11) is 0. The minimum Gasteiger partial charge on any atom is -0.343 e. The highest BCUT2D eigenvalue weighted by molar-refractivity contribution is 5.13. The summed E-state index contributed by atoms with van der Waals surface area (Å²) in [5, 5.41) is 0. The maximum Gasteiger partial charge on any atom is 0.202 e. The molecule has 1 aromatic carbocycles. The normalized spacial score (nSPS) is 13.2. The van der Waals surface area contributed by atoms with E-state index in [1.165, 1.54) is 0 Å². The van der Waals surface area contributed by atoms with E-state index in [-0.39, 0.29) is 0 Å². The molecule has 0 aromatic heterocycles. The predicted octanol–water partition coefficient (Wildman–Crippen LogP) is 3.86. The van der Waals surface area contributed by atoms with E-state index in [1.807, 2.05) is 49.4 Å². The van der Waals surface area contributed by atoms with E-state index in [9.17, 15) is 4.39 Å². The lowest BCUT2D eigenvalue weighted by molar-refractivity contribution is -0.0460. The van der Waals surface area contributed by atoms with Gasteiger partial charge in [0.2, 0.25) is 6.36 Å². The molecule has 15 heavy (non-hydrogen) atoms. The zero-order valence-electron chi connectivity index (χ0n) is 9.03. The number of alkyl halides is 1. The molecule has 2 heteroatoms. The monoisotopic (exact) mass is 208 g/mol. The number of halogens is 1. The smallest absolute Gasteiger partial charge is 0.202 e. The Labute approximate surface area is 90.6 Å². The van der Waals surface area contributed by atoms with Crippen LogP contribution in [0.1, 0.15) is 25.3 Å². The Balaban J connectivity index is 2.22. The first kappa shape index (κ1) is 11.9. The van der Waals surface area contributed by atoms with Gasteiger partial charge in [0.15, 0.2) is 0 Å². The minimum absolute atomic E-state index is 0.334. The Morgan fingerprint density at radius 1 is 1.27 bits per heavy atom. The second-order valence-corrected chi connectivity index (χ2v) is 3.32. The topological polar surface area (TPSA) is 9.23 Å². The largest absolute Gasteiger partial charge is 0.343 e. The van der Waals surface area contributed by atoms with Crippen LogP contribution in [0.5, 0.6) is 0 Å². The molecule has 0 saturated carbocycles. The van der Waals surface area contributed by atoms with Crippen LogP contribution in [0.4, 0.5) is 4.39 Å². The molecule has 1 atom stereocenters. The Morgan fingerprint density at radius 3 is 2.67 bits per heavy atom. The van der Waals surface area contributed by atoms with Crippen LogP contribution in [0.2, 0.25) is 0 Å². The average molecular weight is 208 g/mol. The van der Waals surface area contributed by atoms with Crippen molar-refractivity contribution in [3.05, 3.63) is 48.0 Å². The summed E-state index contributed by atoms with van der Waals surface area (Å²) < 4.78 is 18.2. The van der Waals surface area contributed by atoms with E-state index in [1.54, 1.807) is 0 Å². The van der Waals surface area contributed by atoms with Crippen LogP contribution in [-0.4, -0.2) is 6.36 Å². The molecule has 0 bridgehead atoms. The summed E-state index contributed by atoms with van der Waals surface area (Å²) in [5.41, 5.74) is 1.000. The average Bonchev–Trinajstić information content (AvgIpc) is 2.28. The molecular formula is C13H17FO. The summed E-state index contributed by atoms with van der Waals surface area (Å²) in [5.74, 6) is 0. The van der Waals surface area contributed by atoms with Crippen molar-refractivity contribution in [3.8, 4) is 0 Å². The Bertz CT molecular complexity index is 282. The van der Waals surface area contributed by atoms with Gasteiger partial charge in [-0.05, 0) is 12.0 Å². The van der Waals surface area contributed by atoms with Crippen molar-refractivity contribution in [2.45, 2.75) is 32.7 Å².